The number of benzene rings is 1. The number of amides is 1. The lowest BCUT2D eigenvalue weighted by molar-refractivity contribution is 0.205. The molecule has 0 saturated heterocycles. The summed E-state index contributed by atoms with van der Waals surface area (Å²) in [6.45, 7) is 0. The van der Waals surface area contributed by atoms with Crippen LogP contribution in [0.4, 0.5) is 15.6 Å². The molecule has 76 valence electrons. The number of para-hydroxylation sites is 1. The fraction of sp³-hybridized carbons (Fsp3) is 0. The maximum absolute atomic E-state index is 11.1. The van der Waals surface area contributed by atoms with E-state index in [4.69, 9.17) is 5.11 Å². The Balaban J connectivity index is 2.42. The Morgan fingerprint density at radius 3 is 2.60 bits per heavy atom. The minimum Gasteiger partial charge on any atom is -0.464 e. The van der Waals surface area contributed by atoms with Gasteiger partial charge < -0.3 is 5.11 Å². The highest BCUT2D eigenvalue weighted by Gasteiger charge is 2.18. The summed E-state index contributed by atoms with van der Waals surface area (Å²) < 4.78 is 3.78. The van der Waals surface area contributed by atoms with Crippen LogP contribution < -0.4 is 4.90 Å². The summed E-state index contributed by atoms with van der Waals surface area (Å²) in [4.78, 5) is 16.0. The third-order valence-corrected chi connectivity index (χ3v) is 2.40. The van der Waals surface area contributed by atoms with Gasteiger partial charge in [-0.15, -0.1) is 0 Å². The highest BCUT2D eigenvalue weighted by Crippen LogP contribution is 2.25. The van der Waals surface area contributed by atoms with Gasteiger partial charge in [0.05, 0.1) is 5.69 Å². The molecule has 2 rings (SSSR count). The predicted octanol–water partition coefficient (Wildman–Crippen LogP) is 2.35. The second-order valence-electron chi connectivity index (χ2n) is 2.68. The van der Waals surface area contributed by atoms with Crippen LogP contribution in [0.15, 0.2) is 36.7 Å². The van der Waals surface area contributed by atoms with E-state index in [2.05, 4.69) is 9.36 Å². The lowest BCUT2D eigenvalue weighted by atomic mass is 10.3. The fourth-order valence-corrected chi connectivity index (χ4v) is 1.69. The van der Waals surface area contributed by atoms with Crippen LogP contribution in [0, 0.1) is 0 Å². The van der Waals surface area contributed by atoms with Crippen LogP contribution in [-0.2, 0) is 0 Å². The van der Waals surface area contributed by atoms with Crippen molar-refractivity contribution in [3.8, 4) is 0 Å². The number of aromatic nitrogens is 2. The molecule has 0 aliphatic carbocycles. The molecule has 0 aliphatic rings. The van der Waals surface area contributed by atoms with Crippen LogP contribution in [0.2, 0.25) is 0 Å². The van der Waals surface area contributed by atoms with Crippen molar-refractivity contribution >= 4 is 28.4 Å². The molecule has 0 aliphatic heterocycles. The minimum atomic E-state index is -1.07. The first-order valence-electron chi connectivity index (χ1n) is 4.14. The molecule has 5 nitrogen and oxygen atoms in total. The Morgan fingerprint density at radius 1 is 1.33 bits per heavy atom. The van der Waals surface area contributed by atoms with Crippen molar-refractivity contribution in [2.75, 3.05) is 4.90 Å². The molecule has 0 radical (unpaired) electrons. The molecule has 6 heteroatoms. The standard InChI is InChI=1S/C9H7N3O2S/c13-9(14)12(8-10-6-11-15-8)7-4-2-1-3-5-7/h1-6H,(H,13,14). The Hall–Kier alpha value is -1.95. The molecule has 0 saturated carbocycles. The smallest absolute Gasteiger partial charge is 0.418 e. The van der Waals surface area contributed by atoms with E-state index < -0.39 is 6.09 Å². The van der Waals surface area contributed by atoms with Crippen molar-refractivity contribution in [3.05, 3.63) is 36.7 Å². The zero-order valence-electron chi connectivity index (χ0n) is 7.57. The van der Waals surface area contributed by atoms with Gasteiger partial charge in [-0.2, -0.15) is 4.37 Å². The molecule has 1 heterocycles. The molecular formula is C9H7N3O2S. The van der Waals surface area contributed by atoms with Gasteiger partial charge in [0.1, 0.15) is 6.33 Å². The highest BCUT2D eigenvalue weighted by molar-refractivity contribution is 7.09. The summed E-state index contributed by atoms with van der Waals surface area (Å²) in [5.74, 6) is 0. The SMILES string of the molecule is O=C(O)N(c1ccccc1)c1ncns1. The van der Waals surface area contributed by atoms with Gasteiger partial charge in [-0.1, -0.05) is 18.2 Å². The average molecular weight is 221 g/mol. The van der Waals surface area contributed by atoms with E-state index in [1.807, 2.05) is 6.07 Å². The molecule has 15 heavy (non-hydrogen) atoms. The minimum absolute atomic E-state index is 0.341. The van der Waals surface area contributed by atoms with Gasteiger partial charge in [0, 0.05) is 11.5 Å². The Morgan fingerprint density at radius 2 is 2.07 bits per heavy atom. The number of carbonyl (C=O) groups is 1. The second kappa shape index (κ2) is 4.05. The predicted molar refractivity (Wildman–Crippen MR) is 56.5 cm³/mol. The van der Waals surface area contributed by atoms with Crippen LogP contribution in [0.5, 0.6) is 0 Å². The van der Waals surface area contributed by atoms with Gasteiger partial charge >= 0.3 is 6.09 Å². The quantitative estimate of drug-likeness (QED) is 0.845. The molecule has 1 aromatic carbocycles. The third-order valence-electron chi connectivity index (χ3n) is 1.75. The fourth-order valence-electron chi connectivity index (χ4n) is 1.15. The maximum Gasteiger partial charge on any atom is 0.418 e. The van der Waals surface area contributed by atoms with Crippen molar-refractivity contribution in [2.24, 2.45) is 0 Å². The number of carboxylic acid groups (broad SMARTS) is 1. The van der Waals surface area contributed by atoms with Crippen molar-refractivity contribution in [1.82, 2.24) is 9.36 Å². The molecule has 0 fully saturated rings. The molecule has 0 bridgehead atoms. The largest absolute Gasteiger partial charge is 0.464 e. The number of nitrogens with zero attached hydrogens (tertiary/aromatic N) is 3. The van der Waals surface area contributed by atoms with Gasteiger partial charge in [-0.3, -0.25) is 0 Å². The number of rotatable bonds is 2. The van der Waals surface area contributed by atoms with Crippen LogP contribution in [-0.4, -0.2) is 20.6 Å². The zero-order chi connectivity index (χ0) is 10.7. The highest BCUT2D eigenvalue weighted by atomic mass is 32.1. The molecule has 1 N–H and O–H groups in total. The lowest BCUT2D eigenvalue weighted by Gasteiger charge is -2.14. The van der Waals surface area contributed by atoms with Crippen LogP contribution in [0.3, 0.4) is 0 Å². The Labute approximate surface area is 89.8 Å². The van der Waals surface area contributed by atoms with Crippen molar-refractivity contribution in [3.63, 3.8) is 0 Å². The van der Waals surface area contributed by atoms with Crippen molar-refractivity contribution < 1.29 is 9.90 Å². The van der Waals surface area contributed by atoms with Crippen molar-refractivity contribution in [2.45, 2.75) is 0 Å². The van der Waals surface area contributed by atoms with E-state index >= 15 is 0 Å². The first-order chi connectivity index (χ1) is 7.29. The first-order valence-corrected chi connectivity index (χ1v) is 4.91. The van der Waals surface area contributed by atoms with E-state index in [0.29, 0.717) is 10.8 Å². The Kier molecular flexibility index (Phi) is 2.59. The molecule has 0 spiro atoms. The van der Waals surface area contributed by atoms with E-state index in [0.717, 1.165) is 16.4 Å². The molecule has 1 aromatic heterocycles. The van der Waals surface area contributed by atoms with Crippen LogP contribution in [0.1, 0.15) is 0 Å². The molecule has 0 atom stereocenters. The molecule has 1 amide bonds. The van der Waals surface area contributed by atoms with Gasteiger partial charge in [0.15, 0.2) is 0 Å². The summed E-state index contributed by atoms with van der Waals surface area (Å²) >= 11 is 1.04. The van der Waals surface area contributed by atoms with E-state index in [1.165, 1.54) is 6.33 Å². The summed E-state index contributed by atoms with van der Waals surface area (Å²) in [6.07, 6.45) is 0.261. The monoisotopic (exact) mass is 221 g/mol. The molecule has 2 aromatic rings. The third kappa shape index (κ3) is 1.94. The van der Waals surface area contributed by atoms with Gasteiger partial charge in [0.2, 0.25) is 5.13 Å². The average Bonchev–Trinajstić information content (AvgIpc) is 2.72. The first kappa shape index (κ1) is 9.60. The lowest BCUT2D eigenvalue weighted by Crippen LogP contribution is -2.23. The molecule has 0 unspecified atom stereocenters. The van der Waals surface area contributed by atoms with Gasteiger partial charge in [-0.05, 0) is 12.1 Å². The van der Waals surface area contributed by atoms with E-state index in [-0.39, 0.29) is 0 Å². The summed E-state index contributed by atoms with van der Waals surface area (Å²) in [7, 11) is 0. The second-order valence-corrected chi connectivity index (χ2v) is 3.44. The Bertz CT molecular complexity index is 444. The summed E-state index contributed by atoms with van der Waals surface area (Å²) in [5, 5.41) is 9.40. The molecular weight excluding hydrogens is 214 g/mol. The number of anilines is 2. The maximum atomic E-state index is 11.1. The number of hydrogen-bond donors (Lipinski definition) is 1. The van der Waals surface area contributed by atoms with E-state index in [9.17, 15) is 4.79 Å². The summed E-state index contributed by atoms with van der Waals surface area (Å²) in [6, 6.07) is 8.77. The van der Waals surface area contributed by atoms with Gasteiger partial charge in [-0.25, -0.2) is 14.7 Å². The van der Waals surface area contributed by atoms with Crippen LogP contribution >= 0.6 is 11.5 Å². The van der Waals surface area contributed by atoms with E-state index in [1.54, 1.807) is 24.3 Å². The van der Waals surface area contributed by atoms with Crippen LogP contribution in [0.25, 0.3) is 0 Å². The number of hydrogen-bond acceptors (Lipinski definition) is 4. The van der Waals surface area contributed by atoms with Crippen molar-refractivity contribution in [1.29, 1.82) is 0 Å². The normalized spacial score (nSPS) is 9.87. The topological polar surface area (TPSA) is 66.3 Å². The summed E-state index contributed by atoms with van der Waals surface area (Å²) in [5.41, 5.74) is 0.557. The van der Waals surface area contributed by atoms with Gasteiger partial charge in [0.25, 0.3) is 0 Å². The zero-order valence-corrected chi connectivity index (χ0v) is 8.39.